The molecule has 20 heavy (non-hydrogen) atoms. The van der Waals surface area contributed by atoms with Crippen molar-refractivity contribution in [1.29, 1.82) is 0 Å². The van der Waals surface area contributed by atoms with Crippen LogP contribution < -0.4 is 5.73 Å². The highest BCUT2D eigenvalue weighted by atomic mass is 16.5. The summed E-state index contributed by atoms with van der Waals surface area (Å²) in [6, 6.07) is 2.22. The Bertz CT molecular complexity index is 609. The third kappa shape index (κ3) is 1.97. The maximum Gasteiger partial charge on any atom is 0.276 e. The van der Waals surface area contributed by atoms with Gasteiger partial charge in [0.05, 0.1) is 6.61 Å². The average Bonchev–Trinajstić information content (AvgIpc) is 3.17. The van der Waals surface area contributed by atoms with E-state index in [0.29, 0.717) is 29.3 Å². The number of aromatic nitrogens is 4. The number of anilines is 1. The summed E-state index contributed by atoms with van der Waals surface area (Å²) in [6.07, 6.45) is 2.34. The van der Waals surface area contributed by atoms with Gasteiger partial charge in [-0.2, -0.15) is 10.1 Å². The van der Waals surface area contributed by atoms with E-state index < -0.39 is 0 Å². The highest BCUT2D eigenvalue weighted by Crippen LogP contribution is 2.29. The van der Waals surface area contributed by atoms with E-state index in [2.05, 4.69) is 25.2 Å². The molecule has 2 unspecified atom stereocenters. The highest BCUT2D eigenvalue weighted by Gasteiger charge is 2.35. The molecule has 4 rings (SSSR count). The van der Waals surface area contributed by atoms with Gasteiger partial charge in [0.15, 0.2) is 0 Å². The van der Waals surface area contributed by atoms with Gasteiger partial charge in [-0.15, -0.1) is 0 Å². The summed E-state index contributed by atoms with van der Waals surface area (Å²) in [5.41, 5.74) is 6.18. The van der Waals surface area contributed by atoms with Gasteiger partial charge in [0.2, 0.25) is 5.82 Å². The molecular weight excluding hydrogens is 260 g/mol. The van der Waals surface area contributed by atoms with Crippen molar-refractivity contribution in [1.82, 2.24) is 25.2 Å². The van der Waals surface area contributed by atoms with E-state index in [4.69, 9.17) is 15.0 Å². The normalized spacial score (nSPS) is 26.8. The molecule has 2 fully saturated rings. The van der Waals surface area contributed by atoms with E-state index in [1.54, 1.807) is 6.07 Å². The third-order valence-corrected chi connectivity index (χ3v) is 3.95. The first kappa shape index (κ1) is 11.9. The number of hydrogen-bond donors (Lipinski definition) is 2. The maximum atomic E-state index is 5.86. The largest absolute Gasteiger partial charge is 0.382 e. The van der Waals surface area contributed by atoms with Crippen molar-refractivity contribution >= 4 is 5.82 Å². The van der Waals surface area contributed by atoms with Crippen LogP contribution in [0, 0.1) is 0 Å². The smallest absolute Gasteiger partial charge is 0.276 e. The Balaban J connectivity index is 1.53. The zero-order chi connectivity index (χ0) is 13.5. The minimum absolute atomic E-state index is 0.123. The van der Waals surface area contributed by atoms with Crippen LogP contribution in [0.2, 0.25) is 0 Å². The molecule has 106 valence electrons. The standard InChI is InChI=1S/C12H16N6O2/c13-10-4-8(15-16-10)12-14-11(17-20-12)9-5-18-3-1-2-7(18)6-19-9/h4,7,9H,1-3,5-6H2,(H3,13,15,16). The van der Waals surface area contributed by atoms with Crippen molar-refractivity contribution in [3.63, 3.8) is 0 Å². The Morgan fingerprint density at radius 3 is 3.25 bits per heavy atom. The molecule has 0 radical (unpaired) electrons. The van der Waals surface area contributed by atoms with Crippen molar-refractivity contribution in [2.75, 3.05) is 25.4 Å². The number of aromatic amines is 1. The molecule has 0 bridgehead atoms. The van der Waals surface area contributed by atoms with Crippen molar-refractivity contribution < 1.29 is 9.26 Å². The lowest BCUT2D eigenvalue weighted by Gasteiger charge is -2.33. The number of nitrogens with zero attached hydrogens (tertiary/aromatic N) is 4. The van der Waals surface area contributed by atoms with Gasteiger partial charge in [-0.25, -0.2) is 0 Å². The summed E-state index contributed by atoms with van der Waals surface area (Å²) in [5.74, 6) is 1.36. The minimum Gasteiger partial charge on any atom is -0.382 e. The van der Waals surface area contributed by atoms with Crippen LogP contribution in [0.5, 0.6) is 0 Å². The molecule has 0 aliphatic carbocycles. The number of hydrogen-bond acceptors (Lipinski definition) is 7. The fourth-order valence-electron chi connectivity index (χ4n) is 2.90. The number of morpholine rings is 1. The highest BCUT2D eigenvalue weighted by molar-refractivity contribution is 5.51. The van der Waals surface area contributed by atoms with Gasteiger partial charge in [-0.05, 0) is 19.4 Å². The van der Waals surface area contributed by atoms with E-state index in [1.165, 1.54) is 12.8 Å². The van der Waals surface area contributed by atoms with Crippen molar-refractivity contribution in [3.8, 4) is 11.6 Å². The second-order valence-electron chi connectivity index (χ2n) is 5.28. The fraction of sp³-hybridized carbons (Fsp3) is 0.583. The minimum atomic E-state index is -0.123. The number of rotatable bonds is 2. The number of nitrogen functional groups attached to an aromatic ring is 1. The van der Waals surface area contributed by atoms with Gasteiger partial charge in [0.1, 0.15) is 17.6 Å². The molecular formula is C12H16N6O2. The average molecular weight is 276 g/mol. The summed E-state index contributed by atoms with van der Waals surface area (Å²) in [5, 5.41) is 10.6. The van der Waals surface area contributed by atoms with E-state index >= 15 is 0 Å². The van der Waals surface area contributed by atoms with E-state index in [0.717, 1.165) is 19.7 Å². The number of fused-ring (bicyclic) bond motifs is 1. The molecule has 2 atom stereocenters. The topological polar surface area (TPSA) is 106 Å². The first-order chi connectivity index (χ1) is 9.79. The molecule has 2 saturated heterocycles. The van der Waals surface area contributed by atoms with Gasteiger partial charge < -0.3 is 15.0 Å². The summed E-state index contributed by atoms with van der Waals surface area (Å²) in [6.45, 7) is 2.70. The SMILES string of the molecule is Nc1cc(-c2nc(C3CN4CCCC4CO3)no2)[nH]n1. The van der Waals surface area contributed by atoms with Crippen LogP contribution in [0.1, 0.15) is 24.8 Å². The molecule has 3 N–H and O–H groups in total. The maximum absolute atomic E-state index is 5.86. The summed E-state index contributed by atoms with van der Waals surface area (Å²) >= 11 is 0. The summed E-state index contributed by atoms with van der Waals surface area (Å²) in [4.78, 5) is 6.82. The van der Waals surface area contributed by atoms with Gasteiger partial charge in [-0.3, -0.25) is 10.00 Å². The number of nitrogens with one attached hydrogen (secondary N) is 1. The van der Waals surface area contributed by atoms with E-state index in [-0.39, 0.29) is 6.10 Å². The summed E-state index contributed by atoms with van der Waals surface area (Å²) < 4.78 is 11.1. The molecule has 0 aromatic carbocycles. The van der Waals surface area contributed by atoms with Crippen molar-refractivity contribution in [2.24, 2.45) is 0 Å². The van der Waals surface area contributed by atoms with Crippen LogP contribution in [0.15, 0.2) is 10.6 Å². The van der Waals surface area contributed by atoms with Crippen LogP contribution in [-0.2, 0) is 4.74 Å². The molecule has 2 aliphatic rings. The fourth-order valence-corrected chi connectivity index (χ4v) is 2.90. The second-order valence-corrected chi connectivity index (χ2v) is 5.28. The molecule has 2 aliphatic heterocycles. The monoisotopic (exact) mass is 276 g/mol. The van der Waals surface area contributed by atoms with Gasteiger partial charge in [0, 0.05) is 18.7 Å². The van der Waals surface area contributed by atoms with Crippen LogP contribution in [-0.4, -0.2) is 51.0 Å². The Morgan fingerprint density at radius 2 is 2.40 bits per heavy atom. The predicted octanol–water partition coefficient (Wildman–Crippen LogP) is 0.578. The lowest BCUT2D eigenvalue weighted by atomic mass is 10.2. The molecule has 0 amide bonds. The zero-order valence-corrected chi connectivity index (χ0v) is 11.0. The molecule has 0 spiro atoms. The van der Waals surface area contributed by atoms with E-state index in [1.807, 2.05) is 0 Å². The predicted molar refractivity (Wildman–Crippen MR) is 69.6 cm³/mol. The van der Waals surface area contributed by atoms with E-state index in [9.17, 15) is 0 Å². The Morgan fingerprint density at radius 1 is 1.45 bits per heavy atom. The van der Waals surface area contributed by atoms with Gasteiger partial charge in [0.25, 0.3) is 5.89 Å². The Kier molecular flexibility index (Phi) is 2.71. The first-order valence-electron chi connectivity index (χ1n) is 6.80. The lowest BCUT2D eigenvalue weighted by molar-refractivity contribution is -0.0548. The van der Waals surface area contributed by atoms with Crippen molar-refractivity contribution in [2.45, 2.75) is 25.0 Å². The second kappa shape index (κ2) is 4.57. The lowest BCUT2D eigenvalue weighted by Crippen LogP contribution is -2.42. The number of nitrogens with two attached hydrogens (primary N) is 1. The van der Waals surface area contributed by atoms with Crippen molar-refractivity contribution in [3.05, 3.63) is 11.9 Å². The quantitative estimate of drug-likeness (QED) is 0.826. The van der Waals surface area contributed by atoms with Crippen LogP contribution in [0.3, 0.4) is 0 Å². The Labute approximate surface area is 115 Å². The van der Waals surface area contributed by atoms with Gasteiger partial charge >= 0.3 is 0 Å². The molecule has 2 aromatic heterocycles. The molecule has 4 heterocycles. The number of H-pyrrole nitrogens is 1. The van der Waals surface area contributed by atoms with Crippen LogP contribution in [0.4, 0.5) is 5.82 Å². The van der Waals surface area contributed by atoms with Crippen LogP contribution in [0.25, 0.3) is 11.6 Å². The van der Waals surface area contributed by atoms with Gasteiger partial charge in [-0.1, -0.05) is 5.16 Å². The van der Waals surface area contributed by atoms with Crippen LogP contribution >= 0.6 is 0 Å². The number of ether oxygens (including phenoxy) is 1. The molecule has 0 saturated carbocycles. The molecule has 8 nitrogen and oxygen atoms in total. The zero-order valence-electron chi connectivity index (χ0n) is 11.0. The summed E-state index contributed by atoms with van der Waals surface area (Å²) in [7, 11) is 0. The Hall–Kier alpha value is -1.93. The molecule has 2 aromatic rings. The third-order valence-electron chi connectivity index (χ3n) is 3.95. The molecule has 8 heteroatoms. The first-order valence-corrected chi connectivity index (χ1v) is 6.80.